The normalized spacial score (nSPS) is 16.7. The number of ether oxygens (including phenoxy) is 2. The van der Waals surface area contributed by atoms with Gasteiger partial charge in [-0.3, -0.25) is 14.3 Å². The first-order valence-corrected chi connectivity index (χ1v) is 19.2. The van der Waals surface area contributed by atoms with Gasteiger partial charge in [-0.25, -0.2) is 14.4 Å². The van der Waals surface area contributed by atoms with Crippen molar-refractivity contribution in [1.82, 2.24) is 20.2 Å². The molecule has 286 valence electrons. The molecule has 0 saturated carbocycles. The van der Waals surface area contributed by atoms with Crippen LogP contribution in [0.1, 0.15) is 64.5 Å². The van der Waals surface area contributed by atoms with Crippen molar-refractivity contribution in [3.8, 4) is 0 Å². The van der Waals surface area contributed by atoms with E-state index >= 15 is 0 Å². The number of nitrogens with one attached hydrogen (secondary N) is 2. The second-order valence-corrected chi connectivity index (χ2v) is 14.9. The molecule has 2 heterocycles. The molecule has 0 spiro atoms. The number of carboxylic acid groups (broad SMARTS) is 1. The fourth-order valence-electron chi connectivity index (χ4n) is 4.38. The van der Waals surface area contributed by atoms with Crippen molar-refractivity contribution in [3.63, 3.8) is 0 Å². The number of alkyl carbamates (subject to hydrolysis) is 1. The molecule has 1 fully saturated rings. The van der Waals surface area contributed by atoms with Crippen LogP contribution in [0.4, 0.5) is 15.4 Å². The topological polar surface area (TPSA) is 152 Å². The van der Waals surface area contributed by atoms with E-state index < -0.39 is 39.9 Å². The summed E-state index contributed by atoms with van der Waals surface area (Å²) in [5, 5.41) is 14.7. The van der Waals surface area contributed by atoms with Crippen molar-refractivity contribution >= 4 is 70.5 Å². The largest absolute Gasteiger partial charge is 0.465 e. The second kappa shape index (κ2) is 26.3. The molecule has 1 aliphatic rings. The fourth-order valence-corrected chi connectivity index (χ4v) is 5.73. The minimum atomic E-state index is -1.91. The van der Waals surface area contributed by atoms with Gasteiger partial charge in [0.2, 0.25) is 9.70 Å². The van der Waals surface area contributed by atoms with Gasteiger partial charge < -0.3 is 25.2 Å². The molecule has 1 aromatic rings. The van der Waals surface area contributed by atoms with E-state index in [1.807, 2.05) is 12.2 Å². The van der Waals surface area contributed by atoms with Gasteiger partial charge in [0, 0.05) is 31.5 Å². The highest BCUT2D eigenvalue weighted by Crippen LogP contribution is 2.32. The number of hydrogen-bond donors (Lipinski definition) is 3. The first-order chi connectivity index (χ1) is 25.0. The van der Waals surface area contributed by atoms with E-state index in [1.165, 1.54) is 28.6 Å². The van der Waals surface area contributed by atoms with Gasteiger partial charge in [-0.15, -0.1) is 11.8 Å². The lowest BCUT2D eigenvalue weighted by Crippen LogP contribution is -2.39. The first-order valence-electron chi connectivity index (χ1n) is 17.0. The lowest BCUT2D eigenvalue weighted by atomic mass is 10.2. The Bertz CT molecular complexity index is 1490. The first kappa shape index (κ1) is 44.7. The Labute approximate surface area is 324 Å². The highest BCUT2D eigenvalue weighted by Gasteiger charge is 2.31. The molecule has 0 unspecified atom stereocenters. The molecular formula is C36H48Cl3N5O7S. The van der Waals surface area contributed by atoms with Gasteiger partial charge in [-0.2, -0.15) is 4.98 Å². The summed E-state index contributed by atoms with van der Waals surface area (Å²) in [6.45, 7) is 1.96. The van der Waals surface area contributed by atoms with Crippen LogP contribution in [0, 0.1) is 0 Å². The predicted octanol–water partition coefficient (Wildman–Crippen LogP) is 8.01. The molecule has 52 heavy (non-hydrogen) atoms. The molecule has 0 aliphatic carbocycles. The van der Waals surface area contributed by atoms with Crippen molar-refractivity contribution in [2.45, 2.75) is 73.7 Å². The van der Waals surface area contributed by atoms with E-state index in [0.717, 1.165) is 38.5 Å². The summed E-state index contributed by atoms with van der Waals surface area (Å²) >= 11 is 18.4. The maximum absolute atomic E-state index is 12.6. The lowest BCUT2D eigenvalue weighted by molar-refractivity contribution is -0.120. The number of amides is 3. The zero-order valence-electron chi connectivity index (χ0n) is 29.2. The molecule has 0 radical (unpaired) electrons. The fraction of sp³-hybridized carbons (Fsp3) is 0.472. The van der Waals surface area contributed by atoms with Crippen LogP contribution < -0.4 is 21.2 Å². The number of halogens is 3. The number of carbonyl (C=O) groups is 3. The summed E-state index contributed by atoms with van der Waals surface area (Å²) in [5.74, 6) is 0.0383. The number of carbonyl (C=O) groups excluding carboxylic acids is 2. The average Bonchev–Trinajstić information content (AvgIpc) is 3.57. The third-order valence-electron chi connectivity index (χ3n) is 6.91. The highest BCUT2D eigenvalue weighted by atomic mass is 35.6. The van der Waals surface area contributed by atoms with E-state index in [4.69, 9.17) is 44.3 Å². The highest BCUT2D eigenvalue weighted by molar-refractivity contribution is 8.00. The molecule has 0 bridgehead atoms. The smallest absolute Gasteiger partial charge is 0.413 e. The predicted molar refractivity (Wildman–Crippen MR) is 210 cm³/mol. The number of anilines is 1. The number of alkyl halides is 3. The van der Waals surface area contributed by atoms with Gasteiger partial charge in [0.15, 0.2) is 0 Å². The van der Waals surface area contributed by atoms with Crippen molar-refractivity contribution in [3.05, 3.63) is 95.7 Å². The zero-order valence-corrected chi connectivity index (χ0v) is 32.3. The van der Waals surface area contributed by atoms with Gasteiger partial charge in [0.05, 0.1) is 6.54 Å². The molecule has 3 N–H and O–H groups in total. The maximum atomic E-state index is 12.6. The van der Waals surface area contributed by atoms with Crippen molar-refractivity contribution < 1.29 is 29.0 Å². The number of allylic oxidation sites excluding steroid dienone is 12. The Balaban J connectivity index is 1.52. The lowest BCUT2D eigenvalue weighted by Gasteiger charge is -2.22. The Kier molecular flexibility index (Phi) is 22.6. The van der Waals surface area contributed by atoms with E-state index in [2.05, 4.69) is 83.3 Å². The summed E-state index contributed by atoms with van der Waals surface area (Å²) < 4.78 is 10.3. The Morgan fingerprint density at radius 3 is 2.06 bits per heavy atom. The number of aromatic nitrogens is 2. The van der Waals surface area contributed by atoms with Crippen molar-refractivity contribution in [2.24, 2.45) is 0 Å². The van der Waals surface area contributed by atoms with Gasteiger partial charge in [-0.05, 0) is 51.0 Å². The Hall–Kier alpha value is -3.49. The number of nitrogens with zero attached hydrogens (tertiary/aromatic N) is 3. The van der Waals surface area contributed by atoms with Crippen LogP contribution in [0.5, 0.6) is 0 Å². The maximum Gasteiger partial charge on any atom is 0.413 e. The molecule has 2 atom stereocenters. The van der Waals surface area contributed by atoms with Gasteiger partial charge >= 0.3 is 17.9 Å². The molecule has 0 aromatic carbocycles. The zero-order chi connectivity index (χ0) is 38.0. The third-order valence-corrected chi connectivity index (χ3v) is 8.36. The number of rotatable bonds is 22. The van der Waals surface area contributed by atoms with E-state index in [0.29, 0.717) is 23.5 Å². The number of thioether (sulfide) groups is 1. The van der Waals surface area contributed by atoms with Crippen LogP contribution in [0.2, 0.25) is 0 Å². The van der Waals surface area contributed by atoms with Crippen molar-refractivity contribution in [2.75, 3.05) is 36.9 Å². The Morgan fingerprint density at radius 1 is 0.962 bits per heavy atom. The average molecular weight is 801 g/mol. The van der Waals surface area contributed by atoms with E-state index in [1.54, 1.807) is 0 Å². The van der Waals surface area contributed by atoms with Crippen LogP contribution in [0.25, 0.3) is 0 Å². The minimum absolute atomic E-state index is 0.0817. The van der Waals surface area contributed by atoms with E-state index in [-0.39, 0.29) is 31.4 Å². The SMILES string of the molecule is CCC=CCC=CCC=CCC=CCC=CCC=CCCC(=O)NCCNC(=O)OC[C@@H]1O[C@H](n2ccc(N(CC(Cl)(Cl)Cl)C(=O)O)nc2=O)CS1. The van der Waals surface area contributed by atoms with Crippen molar-refractivity contribution in [1.29, 1.82) is 0 Å². The summed E-state index contributed by atoms with van der Waals surface area (Å²) in [7, 11) is 0. The molecule has 12 nitrogen and oxygen atoms in total. The summed E-state index contributed by atoms with van der Waals surface area (Å²) in [4.78, 5) is 52.7. The van der Waals surface area contributed by atoms with Crippen LogP contribution >= 0.6 is 46.6 Å². The second-order valence-electron chi connectivity index (χ2n) is 11.1. The standard InChI is InChI=1S/C36H48Cl3N5O7S/c1-2-3-4-5-6-7-8-9-10-11-12-13-14-15-16-17-18-19-20-21-30(45)40-23-24-41-34(47)50-26-32-51-31(27-52-32)43-25-22-29(42-33(43)46)44(35(48)49)28-36(37,38)39/h3-4,6-7,9-10,12-13,15-16,18-19,22,25,31-32H,2,5,8,11,14,17,20-21,23-24,26-28H2,1H3,(H,40,45)(H,41,47)(H,48,49)/t31-,32+/m0/s1. The molecule has 1 saturated heterocycles. The van der Waals surface area contributed by atoms with Gasteiger partial charge in [0.1, 0.15) is 24.1 Å². The van der Waals surface area contributed by atoms with Crippen LogP contribution in [0.15, 0.2) is 90.0 Å². The minimum Gasteiger partial charge on any atom is -0.465 e. The van der Waals surface area contributed by atoms with Gasteiger partial charge in [-0.1, -0.05) is 115 Å². The molecule has 2 rings (SSSR count). The summed E-state index contributed by atoms with van der Waals surface area (Å²) in [5.41, 5.74) is -1.31. The monoisotopic (exact) mass is 799 g/mol. The molecular weight excluding hydrogens is 753 g/mol. The van der Waals surface area contributed by atoms with Crippen LogP contribution in [0.3, 0.4) is 0 Å². The Morgan fingerprint density at radius 2 is 1.52 bits per heavy atom. The number of hydrogen-bond acceptors (Lipinski definition) is 8. The molecule has 1 aromatic heterocycles. The van der Waals surface area contributed by atoms with Crippen LogP contribution in [-0.4, -0.2) is 74.0 Å². The van der Waals surface area contributed by atoms with E-state index in [9.17, 15) is 24.3 Å². The van der Waals surface area contributed by atoms with Crippen LogP contribution in [-0.2, 0) is 14.3 Å². The summed E-state index contributed by atoms with van der Waals surface area (Å²) in [6, 6.07) is 1.29. The van der Waals surface area contributed by atoms with Gasteiger partial charge in [0.25, 0.3) is 0 Å². The molecule has 1 aliphatic heterocycles. The third kappa shape index (κ3) is 20.5. The summed E-state index contributed by atoms with van der Waals surface area (Å²) in [6.07, 6.45) is 30.8. The molecule has 16 heteroatoms. The molecule has 3 amide bonds. The quantitative estimate of drug-likeness (QED) is 0.0602.